The summed E-state index contributed by atoms with van der Waals surface area (Å²) >= 11 is 0. The summed E-state index contributed by atoms with van der Waals surface area (Å²) in [6.45, 7) is 0. The van der Waals surface area contributed by atoms with Crippen molar-refractivity contribution in [3.8, 4) is 0 Å². The molecule has 0 radical (unpaired) electrons. The van der Waals surface area contributed by atoms with Crippen LogP contribution in [0.3, 0.4) is 0 Å². The lowest BCUT2D eigenvalue weighted by Crippen LogP contribution is -2.03. The fourth-order valence-electron chi connectivity index (χ4n) is 1.68. The van der Waals surface area contributed by atoms with Gasteiger partial charge >= 0.3 is 0 Å². The Morgan fingerprint density at radius 3 is 2.80 bits per heavy atom. The molecule has 15 heavy (non-hydrogen) atoms. The van der Waals surface area contributed by atoms with Crippen LogP contribution in [0.2, 0.25) is 0 Å². The first kappa shape index (κ1) is 10.2. The summed E-state index contributed by atoms with van der Waals surface area (Å²) < 4.78 is 22.2. The SMILES string of the molecule is CS(=O)(=O)Cc1ccc2c(c1)CC(=O)N2. The van der Waals surface area contributed by atoms with Gasteiger partial charge in [0.2, 0.25) is 5.91 Å². The highest BCUT2D eigenvalue weighted by Crippen LogP contribution is 2.24. The predicted octanol–water partition coefficient (Wildman–Crippen LogP) is 0.726. The molecule has 0 aromatic heterocycles. The lowest BCUT2D eigenvalue weighted by Gasteiger charge is -2.02. The zero-order chi connectivity index (χ0) is 11.1. The van der Waals surface area contributed by atoms with Gasteiger partial charge in [0.05, 0.1) is 12.2 Å². The molecule has 1 aromatic carbocycles. The van der Waals surface area contributed by atoms with Crippen molar-refractivity contribution >= 4 is 21.4 Å². The predicted molar refractivity (Wildman–Crippen MR) is 57.3 cm³/mol. The molecule has 80 valence electrons. The third-order valence-electron chi connectivity index (χ3n) is 2.22. The number of amides is 1. The molecular weight excluding hydrogens is 214 g/mol. The lowest BCUT2D eigenvalue weighted by molar-refractivity contribution is -0.115. The Labute approximate surface area is 88.2 Å². The van der Waals surface area contributed by atoms with Gasteiger partial charge < -0.3 is 5.32 Å². The first-order valence-electron chi connectivity index (χ1n) is 4.53. The maximum atomic E-state index is 11.1. The number of carbonyl (C=O) groups excluding carboxylic acids is 1. The van der Waals surface area contributed by atoms with Crippen molar-refractivity contribution in [2.24, 2.45) is 0 Å². The van der Waals surface area contributed by atoms with Gasteiger partial charge in [-0.2, -0.15) is 0 Å². The van der Waals surface area contributed by atoms with Crippen LogP contribution in [0.15, 0.2) is 18.2 Å². The molecule has 0 unspecified atom stereocenters. The van der Waals surface area contributed by atoms with Crippen LogP contribution < -0.4 is 5.32 Å². The van der Waals surface area contributed by atoms with E-state index < -0.39 is 9.84 Å². The second-order valence-corrected chi connectivity index (χ2v) is 5.93. The second-order valence-electron chi connectivity index (χ2n) is 3.79. The Bertz CT molecular complexity index is 519. The number of benzene rings is 1. The molecule has 1 aliphatic heterocycles. The van der Waals surface area contributed by atoms with Crippen molar-refractivity contribution in [3.63, 3.8) is 0 Å². The molecular formula is C10H11NO3S. The van der Waals surface area contributed by atoms with Crippen molar-refractivity contribution in [1.82, 2.24) is 0 Å². The summed E-state index contributed by atoms with van der Waals surface area (Å²) in [5.41, 5.74) is 2.39. The lowest BCUT2D eigenvalue weighted by atomic mass is 10.1. The van der Waals surface area contributed by atoms with Crippen LogP contribution >= 0.6 is 0 Å². The zero-order valence-electron chi connectivity index (χ0n) is 8.28. The molecule has 0 atom stereocenters. The number of nitrogens with one attached hydrogen (secondary N) is 1. The Morgan fingerprint density at radius 1 is 1.40 bits per heavy atom. The van der Waals surface area contributed by atoms with Crippen molar-refractivity contribution < 1.29 is 13.2 Å². The molecule has 1 N–H and O–H groups in total. The maximum absolute atomic E-state index is 11.1. The van der Waals surface area contributed by atoms with E-state index in [1.165, 1.54) is 6.26 Å². The molecule has 0 aliphatic carbocycles. The maximum Gasteiger partial charge on any atom is 0.228 e. The Morgan fingerprint density at radius 2 is 2.13 bits per heavy atom. The molecule has 0 bridgehead atoms. The molecule has 0 fully saturated rings. The van der Waals surface area contributed by atoms with Crippen molar-refractivity contribution in [2.75, 3.05) is 11.6 Å². The zero-order valence-corrected chi connectivity index (χ0v) is 9.10. The normalized spacial score (nSPS) is 14.9. The van der Waals surface area contributed by atoms with Crippen molar-refractivity contribution in [2.45, 2.75) is 12.2 Å². The van der Waals surface area contributed by atoms with E-state index in [2.05, 4.69) is 5.32 Å². The fraction of sp³-hybridized carbons (Fsp3) is 0.300. The average Bonchev–Trinajstić information content (AvgIpc) is 2.40. The van der Waals surface area contributed by atoms with Crippen molar-refractivity contribution in [3.05, 3.63) is 29.3 Å². The molecule has 4 nitrogen and oxygen atoms in total. The minimum Gasteiger partial charge on any atom is -0.326 e. The molecule has 1 aromatic rings. The number of sulfone groups is 1. The molecule has 0 spiro atoms. The average molecular weight is 225 g/mol. The van der Waals surface area contributed by atoms with Gasteiger partial charge in [0, 0.05) is 11.9 Å². The van der Waals surface area contributed by atoms with E-state index in [4.69, 9.17) is 0 Å². The van der Waals surface area contributed by atoms with Gasteiger partial charge in [-0.3, -0.25) is 4.79 Å². The molecule has 2 rings (SSSR count). The van der Waals surface area contributed by atoms with Crippen molar-refractivity contribution in [1.29, 1.82) is 0 Å². The second kappa shape index (κ2) is 3.34. The standard InChI is InChI=1S/C10H11NO3S/c1-15(13,14)6-7-2-3-9-8(4-7)5-10(12)11-9/h2-4H,5-6H2,1H3,(H,11,12). The number of carbonyl (C=O) groups is 1. The van der Waals surface area contributed by atoms with Crippen LogP contribution in [0.25, 0.3) is 0 Å². The summed E-state index contributed by atoms with van der Waals surface area (Å²) in [5, 5.41) is 2.70. The van der Waals surface area contributed by atoms with E-state index in [1.807, 2.05) is 0 Å². The number of rotatable bonds is 2. The van der Waals surface area contributed by atoms with E-state index in [9.17, 15) is 13.2 Å². The molecule has 1 aliphatic rings. The topological polar surface area (TPSA) is 63.2 Å². The first-order valence-corrected chi connectivity index (χ1v) is 6.59. The van der Waals surface area contributed by atoms with Gasteiger partial charge in [-0.1, -0.05) is 12.1 Å². The summed E-state index contributed by atoms with van der Waals surface area (Å²) in [6, 6.07) is 5.25. The van der Waals surface area contributed by atoms with Crippen LogP contribution in [0, 0.1) is 0 Å². The van der Waals surface area contributed by atoms with Crippen LogP contribution in [0.1, 0.15) is 11.1 Å². The molecule has 0 saturated heterocycles. The van der Waals surface area contributed by atoms with Gasteiger partial charge in [0.1, 0.15) is 0 Å². The van der Waals surface area contributed by atoms with Crippen LogP contribution in [0.4, 0.5) is 5.69 Å². The van der Waals surface area contributed by atoms with Crippen LogP contribution in [-0.4, -0.2) is 20.6 Å². The smallest absolute Gasteiger partial charge is 0.228 e. The number of fused-ring (bicyclic) bond motifs is 1. The van der Waals surface area contributed by atoms with Crippen LogP contribution in [0.5, 0.6) is 0 Å². The minimum absolute atomic E-state index is 0.0223. The van der Waals surface area contributed by atoms with Gasteiger partial charge in [-0.25, -0.2) is 8.42 Å². The fourth-order valence-corrected chi connectivity index (χ4v) is 2.46. The monoisotopic (exact) mass is 225 g/mol. The van der Waals surface area contributed by atoms with Crippen LogP contribution in [-0.2, 0) is 26.8 Å². The highest BCUT2D eigenvalue weighted by atomic mass is 32.2. The third-order valence-corrected chi connectivity index (χ3v) is 3.08. The molecule has 5 heteroatoms. The summed E-state index contributed by atoms with van der Waals surface area (Å²) in [6.07, 6.45) is 1.54. The van der Waals surface area contributed by atoms with Gasteiger partial charge in [-0.15, -0.1) is 0 Å². The van der Waals surface area contributed by atoms with E-state index in [1.54, 1.807) is 18.2 Å². The molecule has 0 saturated carbocycles. The summed E-state index contributed by atoms with van der Waals surface area (Å²) in [7, 11) is -3.01. The largest absolute Gasteiger partial charge is 0.326 e. The van der Waals surface area contributed by atoms with Gasteiger partial charge in [-0.05, 0) is 17.2 Å². The minimum atomic E-state index is -3.01. The summed E-state index contributed by atoms with van der Waals surface area (Å²) in [5.74, 6) is -0.0180. The van der Waals surface area contributed by atoms with E-state index >= 15 is 0 Å². The quantitative estimate of drug-likeness (QED) is 0.807. The van der Waals surface area contributed by atoms with E-state index in [0.717, 1.165) is 16.8 Å². The Balaban J connectivity index is 2.31. The number of hydrogen-bond acceptors (Lipinski definition) is 3. The summed E-state index contributed by atoms with van der Waals surface area (Å²) in [4.78, 5) is 11.1. The molecule has 1 heterocycles. The van der Waals surface area contributed by atoms with E-state index in [-0.39, 0.29) is 11.7 Å². The Hall–Kier alpha value is -1.36. The highest BCUT2D eigenvalue weighted by Gasteiger charge is 2.18. The third kappa shape index (κ3) is 2.36. The van der Waals surface area contributed by atoms with Gasteiger partial charge in [0.15, 0.2) is 9.84 Å². The number of hydrogen-bond donors (Lipinski definition) is 1. The van der Waals surface area contributed by atoms with Gasteiger partial charge in [0.25, 0.3) is 0 Å². The van der Waals surface area contributed by atoms with E-state index in [0.29, 0.717) is 6.42 Å². The number of anilines is 1. The first-order chi connectivity index (χ1) is 6.94. The Kier molecular flexibility index (Phi) is 2.26. The highest BCUT2D eigenvalue weighted by molar-refractivity contribution is 7.89. The molecule has 1 amide bonds.